The third-order valence-electron chi connectivity index (χ3n) is 3.17. The van der Waals surface area contributed by atoms with Crippen LogP contribution in [0.5, 0.6) is 0 Å². The van der Waals surface area contributed by atoms with E-state index in [1.807, 2.05) is 19.0 Å². The van der Waals surface area contributed by atoms with Crippen molar-refractivity contribution < 1.29 is 9.53 Å². The summed E-state index contributed by atoms with van der Waals surface area (Å²) in [6.07, 6.45) is 6.20. The van der Waals surface area contributed by atoms with E-state index >= 15 is 0 Å². The van der Waals surface area contributed by atoms with Crippen molar-refractivity contribution in [3.63, 3.8) is 0 Å². The molecular formula is C13H23NO2. The second-order valence-corrected chi connectivity index (χ2v) is 4.72. The first-order valence-electron chi connectivity index (χ1n) is 6.15. The number of cyclic esters (lactones) is 1. The van der Waals surface area contributed by atoms with Crippen molar-refractivity contribution in [1.82, 2.24) is 4.90 Å². The fraction of sp³-hybridized carbons (Fsp3) is 0.769. The van der Waals surface area contributed by atoms with Crippen molar-refractivity contribution in [2.24, 2.45) is 5.92 Å². The molecule has 2 unspecified atom stereocenters. The summed E-state index contributed by atoms with van der Waals surface area (Å²) < 4.78 is 5.38. The first-order chi connectivity index (χ1) is 7.56. The Kier molecular flexibility index (Phi) is 4.84. The lowest BCUT2D eigenvalue weighted by Gasteiger charge is -2.33. The molecule has 0 radical (unpaired) electrons. The highest BCUT2D eigenvalue weighted by molar-refractivity contribution is 5.83. The zero-order chi connectivity index (χ0) is 12.1. The Bertz CT molecular complexity index is 271. The van der Waals surface area contributed by atoms with E-state index in [4.69, 9.17) is 4.74 Å². The molecule has 3 nitrogen and oxygen atoms in total. The van der Waals surface area contributed by atoms with Gasteiger partial charge in [-0.1, -0.05) is 26.7 Å². The zero-order valence-corrected chi connectivity index (χ0v) is 10.8. The number of hydrogen-bond donors (Lipinski definition) is 0. The minimum Gasteiger partial charge on any atom is -0.458 e. The highest BCUT2D eigenvalue weighted by atomic mass is 16.5. The van der Waals surface area contributed by atoms with Crippen molar-refractivity contribution in [2.45, 2.75) is 45.6 Å². The number of esters is 1. The van der Waals surface area contributed by atoms with E-state index in [9.17, 15) is 4.79 Å². The second kappa shape index (κ2) is 5.92. The molecule has 0 saturated heterocycles. The number of rotatable bonds is 5. The number of hydrogen-bond acceptors (Lipinski definition) is 3. The van der Waals surface area contributed by atoms with Crippen molar-refractivity contribution in [2.75, 3.05) is 14.1 Å². The molecule has 0 aromatic carbocycles. The smallest absolute Gasteiger partial charge is 0.332 e. The maximum atomic E-state index is 11.4. The van der Waals surface area contributed by atoms with Gasteiger partial charge in [-0.15, -0.1) is 0 Å². The first-order valence-corrected chi connectivity index (χ1v) is 6.15. The van der Waals surface area contributed by atoms with Crippen molar-refractivity contribution in [1.29, 1.82) is 0 Å². The number of unbranched alkanes of at least 4 members (excludes halogenated alkanes) is 2. The molecule has 0 N–H and O–H groups in total. The molecule has 0 amide bonds. The fourth-order valence-corrected chi connectivity index (χ4v) is 2.17. The van der Waals surface area contributed by atoms with Crippen LogP contribution in [0.15, 0.2) is 11.8 Å². The first kappa shape index (κ1) is 13.1. The Morgan fingerprint density at radius 2 is 2.06 bits per heavy atom. The molecule has 1 heterocycles. The summed E-state index contributed by atoms with van der Waals surface area (Å²) >= 11 is 0. The van der Waals surface area contributed by atoms with Gasteiger partial charge in [-0.2, -0.15) is 0 Å². The molecule has 1 aliphatic heterocycles. The number of nitrogens with zero attached hydrogens (tertiary/aromatic N) is 1. The van der Waals surface area contributed by atoms with Crippen LogP contribution in [-0.2, 0) is 9.53 Å². The van der Waals surface area contributed by atoms with Crippen LogP contribution in [0.2, 0.25) is 0 Å². The Balaban J connectivity index is 2.61. The van der Waals surface area contributed by atoms with Gasteiger partial charge in [0, 0.05) is 31.8 Å². The quantitative estimate of drug-likeness (QED) is 0.532. The minimum absolute atomic E-state index is 0.0569. The molecule has 2 atom stereocenters. The third kappa shape index (κ3) is 3.26. The van der Waals surface area contributed by atoms with Crippen molar-refractivity contribution >= 4 is 5.97 Å². The van der Waals surface area contributed by atoms with Crippen LogP contribution in [0.3, 0.4) is 0 Å². The van der Waals surface area contributed by atoms with Gasteiger partial charge in [0.1, 0.15) is 6.10 Å². The summed E-state index contributed by atoms with van der Waals surface area (Å²) in [4.78, 5) is 13.5. The third-order valence-corrected chi connectivity index (χ3v) is 3.17. The van der Waals surface area contributed by atoms with Gasteiger partial charge in [0.2, 0.25) is 0 Å². The van der Waals surface area contributed by atoms with Crippen LogP contribution in [-0.4, -0.2) is 31.1 Å². The molecule has 0 spiro atoms. The molecule has 3 heteroatoms. The molecule has 0 fully saturated rings. The molecule has 16 heavy (non-hydrogen) atoms. The lowest BCUT2D eigenvalue weighted by Crippen LogP contribution is -2.35. The monoisotopic (exact) mass is 225 g/mol. The van der Waals surface area contributed by atoms with Crippen molar-refractivity contribution in [3.05, 3.63) is 11.8 Å². The normalized spacial score (nSPS) is 25.0. The molecule has 1 rings (SSSR count). The average molecular weight is 225 g/mol. The SMILES string of the molecule is CCCCCC1OC(=O)C=C(N(C)C)C1C. The predicted molar refractivity (Wildman–Crippen MR) is 65.0 cm³/mol. The van der Waals surface area contributed by atoms with E-state index in [0.717, 1.165) is 18.5 Å². The Labute approximate surface area is 98.5 Å². The van der Waals surface area contributed by atoms with Gasteiger partial charge in [0.15, 0.2) is 0 Å². The second-order valence-electron chi connectivity index (χ2n) is 4.72. The Morgan fingerprint density at radius 3 is 2.62 bits per heavy atom. The van der Waals surface area contributed by atoms with Gasteiger partial charge in [-0.25, -0.2) is 4.79 Å². The number of carbonyl (C=O) groups excluding carboxylic acids is 1. The van der Waals surface area contributed by atoms with Crippen molar-refractivity contribution in [3.8, 4) is 0 Å². The van der Waals surface area contributed by atoms with Gasteiger partial charge in [-0.3, -0.25) is 0 Å². The lowest BCUT2D eigenvalue weighted by molar-refractivity contribution is -0.147. The van der Waals surface area contributed by atoms with E-state index < -0.39 is 0 Å². The number of carbonyl (C=O) groups is 1. The number of ether oxygens (including phenoxy) is 1. The Hall–Kier alpha value is -0.990. The molecule has 0 aliphatic carbocycles. The van der Waals surface area contributed by atoms with Crippen LogP contribution >= 0.6 is 0 Å². The molecule has 0 bridgehead atoms. The largest absolute Gasteiger partial charge is 0.458 e. The summed E-state index contributed by atoms with van der Waals surface area (Å²) in [5, 5.41) is 0. The topological polar surface area (TPSA) is 29.5 Å². The van der Waals surface area contributed by atoms with E-state index in [-0.39, 0.29) is 12.1 Å². The van der Waals surface area contributed by atoms with E-state index in [1.165, 1.54) is 12.8 Å². The molecule has 0 saturated carbocycles. The lowest BCUT2D eigenvalue weighted by atomic mass is 9.93. The molecule has 0 aromatic heterocycles. The van der Waals surface area contributed by atoms with Crippen LogP contribution in [0.25, 0.3) is 0 Å². The highest BCUT2D eigenvalue weighted by Crippen LogP contribution is 2.27. The minimum atomic E-state index is -0.191. The van der Waals surface area contributed by atoms with E-state index in [0.29, 0.717) is 5.92 Å². The predicted octanol–water partition coefficient (Wildman–Crippen LogP) is 2.57. The van der Waals surface area contributed by atoms with Gasteiger partial charge in [0.05, 0.1) is 0 Å². The summed E-state index contributed by atoms with van der Waals surface area (Å²) in [6, 6.07) is 0. The molecular weight excluding hydrogens is 202 g/mol. The van der Waals surface area contributed by atoms with Crippen LogP contribution in [0.1, 0.15) is 39.5 Å². The average Bonchev–Trinajstić information content (AvgIpc) is 2.22. The van der Waals surface area contributed by atoms with Gasteiger partial charge >= 0.3 is 5.97 Å². The van der Waals surface area contributed by atoms with Crippen LogP contribution < -0.4 is 0 Å². The zero-order valence-electron chi connectivity index (χ0n) is 10.8. The summed E-state index contributed by atoms with van der Waals surface area (Å²) in [6.45, 7) is 4.32. The molecule has 1 aliphatic rings. The standard InChI is InChI=1S/C13H23NO2/c1-5-6-7-8-12-10(2)11(14(3)4)9-13(15)16-12/h9-10,12H,5-8H2,1-4H3. The Morgan fingerprint density at radius 1 is 1.38 bits per heavy atom. The maximum absolute atomic E-state index is 11.4. The molecule has 92 valence electrons. The molecule has 0 aromatic rings. The summed E-state index contributed by atoms with van der Waals surface area (Å²) in [7, 11) is 3.95. The van der Waals surface area contributed by atoms with Gasteiger partial charge in [-0.05, 0) is 12.8 Å². The van der Waals surface area contributed by atoms with Gasteiger partial charge < -0.3 is 9.64 Å². The van der Waals surface area contributed by atoms with Crippen LogP contribution in [0, 0.1) is 5.92 Å². The van der Waals surface area contributed by atoms with E-state index in [2.05, 4.69) is 13.8 Å². The van der Waals surface area contributed by atoms with E-state index in [1.54, 1.807) is 6.08 Å². The summed E-state index contributed by atoms with van der Waals surface area (Å²) in [5.74, 6) is 0.118. The van der Waals surface area contributed by atoms with Gasteiger partial charge in [0.25, 0.3) is 0 Å². The summed E-state index contributed by atoms with van der Waals surface area (Å²) in [5.41, 5.74) is 1.08. The maximum Gasteiger partial charge on any atom is 0.332 e. The fourth-order valence-electron chi connectivity index (χ4n) is 2.17. The van der Waals surface area contributed by atoms with Crippen LogP contribution in [0.4, 0.5) is 0 Å². The highest BCUT2D eigenvalue weighted by Gasteiger charge is 2.29.